The average Bonchev–Trinajstić information content (AvgIpc) is 2.65. The number of carbonyl (C=O) groups excluding carboxylic acids is 1. The maximum atomic E-state index is 12.8. The summed E-state index contributed by atoms with van der Waals surface area (Å²) in [7, 11) is 0. The number of rotatable bonds is 9. The maximum Gasteiger partial charge on any atom is 0.410 e. The van der Waals surface area contributed by atoms with Crippen LogP contribution in [0.1, 0.15) is 58.9 Å². The van der Waals surface area contributed by atoms with E-state index in [-0.39, 0.29) is 12.1 Å². The maximum absolute atomic E-state index is 12.8. The van der Waals surface area contributed by atoms with E-state index in [1.165, 1.54) is 5.56 Å². The molecule has 0 atom stereocenters. The molecule has 0 aromatic heterocycles. The van der Waals surface area contributed by atoms with Gasteiger partial charge in [0.25, 0.3) is 0 Å². The van der Waals surface area contributed by atoms with Crippen molar-refractivity contribution in [3.8, 4) is 0 Å². The van der Waals surface area contributed by atoms with Crippen molar-refractivity contribution in [2.24, 2.45) is 0 Å². The monoisotopic (exact) mass is 390 g/mol. The summed E-state index contributed by atoms with van der Waals surface area (Å²) in [5.41, 5.74) is 0.884. The minimum Gasteiger partial charge on any atom is -0.444 e. The summed E-state index contributed by atoms with van der Waals surface area (Å²) in [6.07, 6.45) is 3.74. The highest BCUT2D eigenvalue weighted by atomic mass is 16.6. The Balaban J connectivity index is 1.88. The van der Waals surface area contributed by atoms with Crippen LogP contribution in [0.4, 0.5) is 4.79 Å². The zero-order chi connectivity index (χ0) is 20.4. The second kappa shape index (κ2) is 11.4. The van der Waals surface area contributed by atoms with E-state index >= 15 is 0 Å². The molecule has 1 aliphatic rings. The lowest BCUT2D eigenvalue weighted by atomic mass is 10.0. The third-order valence-corrected chi connectivity index (χ3v) is 5.02. The highest BCUT2D eigenvalue weighted by Crippen LogP contribution is 2.21. The lowest BCUT2D eigenvalue weighted by molar-refractivity contribution is 0.00677. The van der Waals surface area contributed by atoms with Crippen LogP contribution >= 0.6 is 0 Å². The Morgan fingerprint density at radius 3 is 2.43 bits per heavy atom. The molecule has 0 radical (unpaired) electrons. The predicted octanol–water partition coefficient (Wildman–Crippen LogP) is 4.70. The van der Waals surface area contributed by atoms with Gasteiger partial charge in [-0.1, -0.05) is 30.3 Å². The second-order valence-corrected chi connectivity index (χ2v) is 8.57. The molecule has 0 N–H and O–H groups in total. The summed E-state index contributed by atoms with van der Waals surface area (Å²) in [6.45, 7) is 13.1. The van der Waals surface area contributed by atoms with Gasteiger partial charge in [-0.05, 0) is 58.9 Å². The smallest absolute Gasteiger partial charge is 0.410 e. The molecule has 5 nitrogen and oxygen atoms in total. The molecular weight excluding hydrogens is 352 g/mol. The zero-order valence-electron chi connectivity index (χ0n) is 18.2. The Morgan fingerprint density at radius 1 is 1.14 bits per heavy atom. The van der Waals surface area contributed by atoms with E-state index in [4.69, 9.17) is 9.47 Å². The number of nitrogens with zero attached hydrogens (tertiary/aromatic N) is 2. The number of piperidine rings is 1. The predicted molar refractivity (Wildman–Crippen MR) is 113 cm³/mol. The number of hydrogen-bond donors (Lipinski definition) is 0. The Labute approximate surface area is 171 Å². The minimum atomic E-state index is -0.464. The van der Waals surface area contributed by atoms with E-state index in [0.717, 1.165) is 65.1 Å². The highest BCUT2D eigenvalue weighted by Gasteiger charge is 2.30. The molecule has 0 unspecified atom stereocenters. The molecule has 1 aromatic rings. The summed E-state index contributed by atoms with van der Waals surface area (Å²) in [5, 5.41) is 0. The van der Waals surface area contributed by atoms with Gasteiger partial charge in [-0.2, -0.15) is 0 Å². The van der Waals surface area contributed by atoms with Crippen LogP contribution in [-0.4, -0.2) is 60.4 Å². The Hall–Kier alpha value is -1.59. The van der Waals surface area contributed by atoms with Gasteiger partial charge in [0.05, 0.1) is 0 Å². The molecule has 0 saturated carbocycles. The van der Waals surface area contributed by atoms with Crippen molar-refractivity contribution >= 4 is 6.09 Å². The molecular formula is C23H38N2O3. The molecule has 28 heavy (non-hydrogen) atoms. The lowest BCUT2D eigenvalue weighted by Gasteiger charge is -2.39. The number of ether oxygens (including phenoxy) is 2. The van der Waals surface area contributed by atoms with Crippen molar-refractivity contribution in [1.29, 1.82) is 0 Å². The molecule has 158 valence electrons. The number of carbonyl (C=O) groups is 1. The quantitative estimate of drug-likeness (QED) is 0.573. The fraction of sp³-hybridized carbons (Fsp3) is 0.696. The van der Waals surface area contributed by atoms with Crippen LogP contribution in [-0.2, 0) is 16.0 Å². The first-order chi connectivity index (χ1) is 13.4. The topological polar surface area (TPSA) is 42.0 Å². The lowest BCUT2D eigenvalue weighted by Crippen LogP contribution is -2.49. The fourth-order valence-electron chi connectivity index (χ4n) is 3.60. The third-order valence-electron chi connectivity index (χ3n) is 5.02. The van der Waals surface area contributed by atoms with Crippen molar-refractivity contribution in [1.82, 2.24) is 9.80 Å². The van der Waals surface area contributed by atoms with Crippen molar-refractivity contribution in [3.63, 3.8) is 0 Å². The van der Waals surface area contributed by atoms with Gasteiger partial charge in [-0.3, -0.25) is 4.90 Å². The van der Waals surface area contributed by atoms with E-state index < -0.39 is 5.60 Å². The van der Waals surface area contributed by atoms with E-state index in [0.29, 0.717) is 0 Å². The number of likely N-dealkylation sites (tertiary alicyclic amines) is 1. The minimum absolute atomic E-state index is 0.176. The van der Waals surface area contributed by atoms with Gasteiger partial charge in [0.1, 0.15) is 5.60 Å². The summed E-state index contributed by atoms with van der Waals surface area (Å²) in [6, 6.07) is 10.9. The van der Waals surface area contributed by atoms with Crippen molar-refractivity contribution in [2.45, 2.75) is 71.6 Å². The van der Waals surface area contributed by atoms with Crippen LogP contribution in [0.3, 0.4) is 0 Å². The largest absolute Gasteiger partial charge is 0.444 e. The first-order valence-corrected chi connectivity index (χ1v) is 10.7. The third kappa shape index (κ3) is 8.19. The SMILES string of the molecule is CCOCCCCN(C(=O)OC(C)(C)C)C1CCN(Cc2ccccc2)CC1. The number of amides is 1. The van der Waals surface area contributed by atoms with Crippen LogP contribution in [0.15, 0.2) is 30.3 Å². The highest BCUT2D eigenvalue weighted by molar-refractivity contribution is 5.68. The molecule has 5 heteroatoms. The summed E-state index contributed by atoms with van der Waals surface area (Å²) in [4.78, 5) is 17.3. The van der Waals surface area contributed by atoms with Crippen LogP contribution in [0, 0.1) is 0 Å². The van der Waals surface area contributed by atoms with Crippen LogP contribution in [0.2, 0.25) is 0 Å². The van der Waals surface area contributed by atoms with E-state index in [9.17, 15) is 4.79 Å². The molecule has 0 spiro atoms. The van der Waals surface area contributed by atoms with Crippen LogP contribution in [0.5, 0.6) is 0 Å². The Bertz CT molecular complexity index is 563. The number of unbranched alkanes of at least 4 members (excludes halogenated alkanes) is 1. The van der Waals surface area contributed by atoms with Crippen LogP contribution in [0.25, 0.3) is 0 Å². The van der Waals surface area contributed by atoms with Crippen molar-refractivity contribution in [3.05, 3.63) is 35.9 Å². The number of hydrogen-bond acceptors (Lipinski definition) is 4. The molecule has 2 rings (SSSR count). The summed E-state index contributed by atoms with van der Waals surface area (Å²) < 4.78 is 11.1. The first kappa shape index (κ1) is 22.7. The summed E-state index contributed by atoms with van der Waals surface area (Å²) >= 11 is 0. The molecule has 0 bridgehead atoms. The number of benzene rings is 1. The molecule has 0 aliphatic carbocycles. The van der Waals surface area contributed by atoms with E-state index in [2.05, 4.69) is 35.2 Å². The first-order valence-electron chi connectivity index (χ1n) is 10.7. The molecule has 1 fully saturated rings. The van der Waals surface area contributed by atoms with Crippen LogP contribution < -0.4 is 0 Å². The zero-order valence-corrected chi connectivity index (χ0v) is 18.2. The van der Waals surface area contributed by atoms with Gasteiger partial charge in [0.15, 0.2) is 0 Å². The van der Waals surface area contributed by atoms with Gasteiger partial charge in [0.2, 0.25) is 0 Å². The van der Waals surface area contributed by atoms with Gasteiger partial charge in [0, 0.05) is 45.4 Å². The standard InChI is InChI=1S/C23H38N2O3/c1-5-27-18-10-9-15-25(22(26)28-23(2,3)4)21-13-16-24(17-14-21)19-20-11-7-6-8-12-20/h6-8,11-12,21H,5,9-10,13-19H2,1-4H3. The normalized spacial score (nSPS) is 16.1. The van der Waals surface area contributed by atoms with Crippen molar-refractivity contribution < 1.29 is 14.3 Å². The average molecular weight is 391 g/mol. The summed E-state index contributed by atoms with van der Waals surface area (Å²) in [5.74, 6) is 0. The fourth-order valence-corrected chi connectivity index (χ4v) is 3.60. The van der Waals surface area contributed by atoms with Gasteiger partial charge in [-0.25, -0.2) is 4.79 Å². The van der Waals surface area contributed by atoms with Gasteiger partial charge < -0.3 is 14.4 Å². The molecule has 1 heterocycles. The van der Waals surface area contributed by atoms with Gasteiger partial charge in [-0.15, -0.1) is 0 Å². The van der Waals surface area contributed by atoms with Gasteiger partial charge >= 0.3 is 6.09 Å². The Morgan fingerprint density at radius 2 is 1.82 bits per heavy atom. The molecule has 1 amide bonds. The molecule has 1 aliphatic heterocycles. The molecule has 1 aromatic carbocycles. The Kier molecular flexibility index (Phi) is 9.26. The van der Waals surface area contributed by atoms with E-state index in [1.807, 2.05) is 32.6 Å². The van der Waals surface area contributed by atoms with E-state index in [1.54, 1.807) is 0 Å². The van der Waals surface area contributed by atoms with Crippen molar-refractivity contribution in [2.75, 3.05) is 32.8 Å². The molecule has 1 saturated heterocycles. The second-order valence-electron chi connectivity index (χ2n) is 8.57.